The highest BCUT2D eigenvalue weighted by Crippen LogP contribution is 2.30. The first-order chi connectivity index (χ1) is 11.8. The minimum absolute atomic E-state index is 0.0341. The third-order valence-electron chi connectivity index (χ3n) is 4.39. The molecule has 0 unspecified atom stereocenters. The second-order valence-electron chi connectivity index (χ2n) is 5.77. The van der Waals surface area contributed by atoms with Gasteiger partial charge in [-0.05, 0) is 24.1 Å². The van der Waals surface area contributed by atoms with Crippen molar-refractivity contribution in [2.45, 2.75) is 6.42 Å². The van der Waals surface area contributed by atoms with E-state index in [1.54, 1.807) is 13.3 Å². The summed E-state index contributed by atoms with van der Waals surface area (Å²) in [6.45, 7) is 0.853. The van der Waals surface area contributed by atoms with Gasteiger partial charge in [-0.1, -0.05) is 24.3 Å². The SMILES string of the molecule is COc1cc(C2=NCC(=O)N3CCc4ccccc4C3=C2)ccn1. The number of methoxy groups -OCH3 is 1. The van der Waals surface area contributed by atoms with Crippen molar-refractivity contribution < 1.29 is 9.53 Å². The molecule has 120 valence electrons. The molecular formula is C19H17N3O2. The van der Waals surface area contributed by atoms with Gasteiger partial charge >= 0.3 is 0 Å². The summed E-state index contributed by atoms with van der Waals surface area (Å²) in [4.78, 5) is 23.0. The van der Waals surface area contributed by atoms with Gasteiger partial charge in [0, 0.05) is 29.9 Å². The summed E-state index contributed by atoms with van der Waals surface area (Å²) in [5.74, 6) is 0.567. The molecular weight excluding hydrogens is 302 g/mol. The van der Waals surface area contributed by atoms with E-state index in [0.29, 0.717) is 12.4 Å². The van der Waals surface area contributed by atoms with Crippen LogP contribution in [0.2, 0.25) is 0 Å². The first-order valence-electron chi connectivity index (χ1n) is 7.91. The van der Waals surface area contributed by atoms with Crippen molar-refractivity contribution in [3.63, 3.8) is 0 Å². The number of aliphatic imine (C=N–C) groups is 1. The van der Waals surface area contributed by atoms with Gasteiger partial charge in [-0.2, -0.15) is 0 Å². The number of carbonyl (C=O) groups excluding carboxylic acids is 1. The van der Waals surface area contributed by atoms with E-state index in [4.69, 9.17) is 4.74 Å². The highest BCUT2D eigenvalue weighted by atomic mass is 16.5. The second-order valence-corrected chi connectivity index (χ2v) is 5.77. The summed E-state index contributed by atoms with van der Waals surface area (Å²) in [6.07, 6.45) is 4.56. The molecule has 0 atom stereocenters. The molecule has 2 aliphatic heterocycles. The molecule has 0 radical (unpaired) electrons. The lowest BCUT2D eigenvalue weighted by molar-refractivity contribution is -0.126. The molecule has 5 nitrogen and oxygen atoms in total. The monoisotopic (exact) mass is 319 g/mol. The molecule has 0 saturated carbocycles. The fourth-order valence-corrected chi connectivity index (χ4v) is 3.17. The number of nitrogens with zero attached hydrogens (tertiary/aromatic N) is 3. The molecule has 0 bridgehead atoms. The van der Waals surface area contributed by atoms with Gasteiger partial charge in [-0.25, -0.2) is 4.98 Å². The quantitative estimate of drug-likeness (QED) is 0.853. The topological polar surface area (TPSA) is 54.8 Å². The van der Waals surface area contributed by atoms with Gasteiger partial charge in [0.1, 0.15) is 6.54 Å². The Labute approximate surface area is 140 Å². The molecule has 0 N–H and O–H groups in total. The number of ether oxygens (including phenoxy) is 1. The van der Waals surface area contributed by atoms with E-state index in [1.165, 1.54) is 5.56 Å². The van der Waals surface area contributed by atoms with E-state index in [-0.39, 0.29) is 12.5 Å². The molecule has 0 saturated heterocycles. The smallest absolute Gasteiger partial charge is 0.248 e. The number of hydrogen-bond donors (Lipinski definition) is 0. The summed E-state index contributed by atoms with van der Waals surface area (Å²) < 4.78 is 5.20. The zero-order valence-corrected chi connectivity index (χ0v) is 13.4. The Morgan fingerprint density at radius 2 is 2.08 bits per heavy atom. The fraction of sp³-hybridized carbons (Fsp3) is 0.211. The van der Waals surface area contributed by atoms with Crippen molar-refractivity contribution in [2.24, 2.45) is 4.99 Å². The molecule has 0 fully saturated rings. The predicted octanol–water partition coefficient (Wildman–Crippen LogP) is 2.32. The maximum Gasteiger partial charge on any atom is 0.248 e. The summed E-state index contributed by atoms with van der Waals surface area (Å²) in [5.41, 5.74) is 4.97. The van der Waals surface area contributed by atoms with Crippen LogP contribution in [0, 0.1) is 0 Å². The molecule has 2 aromatic rings. The molecule has 0 aliphatic carbocycles. The van der Waals surface area contributed by atoms with E-state index < -0.39 is 0 Å². The van der Waals surface area contributed by atoms with Crippen LogP contribution in [-0.2, 0) is 11.2 Å². The van der Waals surface area contributed by atoms with Gasteiger partial charge in [-0.15, -0.1) is 0 Å². The average molecular weight is 319 g/mol. The van der Waals surface area contributed by atoms with Crippen LogP contribution in [0.1, 0.15) is 16.7 Å². The Balaban J connectivity index is 1.84. The Morgan fingerprint density at radius 3 is 2.96 bits per heavy atom. The van der Waals surface area contributed by atoms with E-state index in [1.807, 2.05) is 35.2 Å². The van der Waals surface area contributed by atoms with E-state index in [2.05, 4.69) is 22.1 Å². The molecule has 4 rings (SSSR count). The van der Waals surface area contributed by atoms with E-state index >= 15 is 0 Å². The zero-order valence-electron chi connectivity index (χ0n) is 13.4. The Hall–Kier alpha value is -2.95. The van der Waals surface area contributed by atoms with Crippen LogP contribution < -0.4 is 4.74 Å². The number of rotatable bonds is 2. The summed E-state index contributed by atoms with van der Waals surface area (Å²) in [7, 11) is 1.59. The molecule has 1 aromatic heterocycles. The van der Waals surface area contributed by atoms with Crippen LogP contribution in [0.15, 0.2) is 53.7 Å². The number of fused-ring (bicyclic) bond motifs is 3. The highest BCUT2D eigenvalue weighted by molar-refractivity contribution is 6.15. The largest absolute Gasteiger partial charge is 0.481 e. The summed E-state index contributed by atoms with van der Waals surface area (Å²) in [5, 5.41) is 0. The number of allylic oxidation sites excluding steroid dienone is 1. The van der Waals surface area contributed by atoms with Crippen molar-refractivity contribution in [3.8, 4) is 5.88 Å². The normalized spacial score (nSPS) is 16.5. The summed E-state index contributed by atoms with van der Waals surface area (Å²) in [6, 6.07) is 11.9. The maximum absolute atomic E-state index is 12.5. The van der Waals surface area contributed by atoms with Gasteiger partial charge in [0.2, 0.25) is 11.8 Å². The van der Waals surface area contributed by atoms with E-state index in [0.717, 1.165) is 29.0 Å². The number of amides is 1. The average Bonchev–Trinajstić information content (AvgIpc) is 2.81. The molecule has 1 amide bonds. The van der Waals surface area contributed by atoms with Crippen LogP contribution in [0.5, 0.6) is 5.88 Å². The minimum Gasteiger partial charge on any atom is -0.481 e. The molecule has 2 aliphatic rings. The molecule has 1 aromatic carbocycles. The van der Waals surface area contributed by atoms with Gasteiger partial charge in [0.25, 0.3) is 0 Å². The number of aromatic nitrogens is 1. The summed E-state index contributed by atoms with van der Waals surface area (Å²) >= 11 is 0. The van der Waals surface area contributed by atoms with Gasteiger partial charge < -0.3 is 9.64 Å². The minimum atomic E-state index is 0.0341. The number of carbonyl (C=O) groups is 1. The maximum atomic E-state index is 12.5. The number of benzene rings is 1. The van der Waals surface area contributed by atoms with Crippen LogP contribution in [0.4, 0.5) is 0 Å². The lowest BCUT2D eigenvalue weighted by atomic mass is 9.95. The molecule has 5 heteroatoms. The Kier molecular flexibility index (Phi) is 3.61. The third-order valence-corrected chi connectivity index (χ3v) is 4.39. The van der Waals surface area contributed by atoms with E-state index in [9.17, 15) is 4.79 Å². The van der Waals surface area contributed by atoms with Gasteiger partial charge in [0.05, 0.1) is 18.5 Å². The Bertz CT molecular complexity index is 870. The first kappa shape index (κ1) is 14.6. The lowest BCUT2D eigenvalue weighted by Crippen LogP contribution is -2.35. The number of pyridine rings is 1. The number of hydrogen-bond acceptors (Lipinski definition) is 4. The van der Waals surface area contributed by atoms with Crippen LogP contribution >= 0.6 is 0 Å². The standard InChI is InChI=1S/C19H17N3O2/c1-24-18-10-14(6-8-20-18)16-11-17-15-5-3-2-4-13(15)7-9-22(17)19(23)12-21-16/h2-6,8,10-11H,7,9,12H2,1H3. The van der Waals surface area contributed by atoms with Crippen LogP contribution in [-0.4, -0.2) is 41.7 Å². The van der Waals surface area contributed by atoms with Crippen LogP contribution in [0.25, 0.3) is 5.70 Å². The van der Waals surface area contributed by atoms with Crippen molar-refractivity contribution in [1.29, 1.82) is 0 Å². The third kappa shape index (κ3) is 2.48. The fourth-order valence-electron chi connectivity index (χ4n) is 3.17. The van der Waals surface area contributed by atoms with Crippen molar-refractivity contribution in [2.75, 3.05) is 20.2 Å². The highest BCUT2D eigenvalue weighted by Gasteiger charge is 2.27. The zero-order chi connectivity index (χ0) is 16.5. The van der Waals surface area contributed by atoms with Crippen molar-refractivity contribution in [3.05, 3.63) is 65.4 Å². The van der Waals surface area contributed by atoms with Crippen molar-refractivity contribution >= 4 is 17.3 Å². The second kappa shape index (κ2) is 5.92. The van der Waals surface area contributed by atoms with Gasteiger partial charge in [0.15, 0.2) is 0 Å². The Morgan fingerprint density at radius 1 is 1.21 bits per heavy atom. The first-order valence-corrected chi connectivity index (χ1v) is 7.91. The molecule has 0 spiro atoms. The van der Waals surface area contributed by atoms with Crippen LogP contribution in [0.3, 0.4) is 0 Å². The molecule has 24 heavy (non-hydrogen) atoms. The lowest BCUT2D eigenvalue weighted by Gasteiger charge is -2.30. The van der Waals surface area contributed by atoms with Gasteiger partial charge in [-0.3, -0.25) is 9.79 Å². The van der Waals surface area contributed by atoms with Crippen molar-refractivity contribution in [1.82, 2.24) is 9.88 Å². The molecule has 3 heterocycles. The predicted molar refractivity (Wildman–Crippen MR) is 92.0 cm³/mol.